The van der Waals surface area contributed by atoms with Crippen LogP contribution in [0.3, 0.4) is 0 Å². The fraction of sp³-hybridized carbons (Fsp3) is 0.455. The first kappa shape index (κ1) is 13.4. The summed E-state index contributed by atoms with van der Waals surface area (Å²) in [7, 11) is 1.65. The molecule has 0 amide bonds. The van der Waals surface area contributed by atoms with Crippen molar-refractivity contribution < 1.29 is 9.84 Å². The lowest BCUT2D eigenvalue weighted by Crippen LogP contribution is -2.29. The van der Waals surface area contributed by atoms with Crippen LogP contribution in [-0.4, -0.2) is 24.4 Å². The number of aromatic hydroxyl groups is 1. The van der Waals surface area contributed by atoms with Crippen LogP contribution < -0.4 is 5.32 Å². The second-order valence-corrected chi connectivity index (χ2v) is 4.48. The van der Waals surface area contributed by atoms with E-state index in [0.717, 1.165) is 5.69 Å². The monoisotopic (exact) mass is 263 g/mol. The standard InChI is InChI=1S/C11H15Cl2NO2/c1-6(7(2)16-3)14-8-4-9(12)11(15)10(13)5-8/h4-7,14-15H,1-3H3. The smallest absolute Gasteiger partial charge is 0.152 e. The van der Waals surface area contributed by atoms with E-state index >= 15 is 0 Å². The molecule has 90 valence electrons. The minimum atomic E-state index is -0.0960. The van der Waals surface area contributed by atoms with Crippen molar-refractivity contribution in [1.82, 2.24) is 0 Å². The van der Waals surface area contributed by atoms with Crippen LogP contribution in [0.5, 0.6) is 5.75 Å². The summed E-state index contributed by atoms with van der Waals surface area (Å²) in [6, 6.07) is 3.37. The first-order valence-corrected chi connectivity index (χ1v) is 5.68. The topological polar surface area (TPSA) is 41.5 Å². The summed E-state index contributed by atoms with van der Waals surface area (Å²) in [5, 5.41) is 13.1. The molecule has 1 rings (SSSR count). The molecule has 1 aromatic carbocycles. The third-order valence-electron chi connectivity index (χ3n) is 2.49. The second kappa shape index (κ2) is 5.62. The zero-order valence-corrected chi connectivity index (χ0v) is 10.9. The van der Waals surface area contributed by atoms with Gasteiger partial charge < -0.3 is 15.2 Å². The number of phenols is 1. The molecule has 5 heteroatoms. The highest BCUT2D eigenvalue weighted by Crippen LogP contribution is 2.34. The Morgan fingerprint density at radius 3 is 2.19 bits per heavy atom. The Bertz CT molecular complexity index is 348. The van der Waals surface area contributed by atoms with E-state index in [2.05, 4.69) is 5.32 Å². The molecule has 0 bridgehead atoms. The van der Waals surface area contributed by atoms with Crippen LogP contribution in [0.25, 0.3) is 0 Å². The molecule has 1 aromatic rings. The van der Waals surface area contributed by atoms with Crippen LogP contribution in [-0.2, 0) is 4.74 Å². The Hall–Kier alpha value is -0.640. The van der Waals surface area contributed by atoms with E-state index in [9.17, 15) is 5.11 Å². The Labute approximate surface area is 105 Å². The fourth-order valence-electron chi connectivity index (χ4n) is 1.23. The normalized spacial score (nSPS) is 14.6. The predicted molar refractivity (Wildman–Crippen MR) is 67.7 cm³/mol. The number of methoxy groups -OCH3 is 1. The first-order chi connectivity index (χ1) is 7.45. The summed E-state index contributed by atoms with van der Waals surface area (Å²) in [5.74, 6) is -0.0960. The number of ether oxygens (including phenoxy) is 1. The van der Waals surface area contributed by atoms with Gasteiger partial charge in [-0.1, -0.05) is 23.2 Å². The third-order valence-corrected chi connectivity index (χ3v) is 3.06. The van der Waals surface area contributed by atoms with Gasteiger partial charge in [-0.3, -0.25) is 0 Å². The number of hydrogen-bond acceptors (Lipinski definition) is 3. The molecule has 2 N–H and O–H groups in total. The largest absolute Gasteiger partial charge is 0.505 e. The lowest BCUT2D eigenvalue weighted by atomic mass is 10.2. The highest BCUT2D eigenvalue weighted by Gasteiger charge is 2.13. The van der Waals surface area contributed by atoms with Gasteiger partial charge in [0.25, 0.3) is 0 Å². The van der Waals surface area contributed by atoms with Crippen molar-refractivity contribution in [2.45, 2.75) is 26.0 Å². The molecule has 0 spiro atoms. The molecule has 3 nitrogen and oxygen atoms in total. The number of halogens is 2. The van der Waals surface area contributed by atoms with Crippen molar-refractivity contribution in [1.29, 1.82) is 0 Å². The summed E-state index contributed by atoms with van der Waals surface area (Å²) in [6.07, 6.45) is 0.0614. The first-order valence-electron chi connectivity index (χ1n) is 4.93. The average molecular weight is 264 g/mol. The molecule has 0 aliphatic carbocycles. The van der Waals surface area contributed by atoms with Crippen LogP contribution >= 0.6 is 23.2 Å². The molecule has 2 unspecified atom stereocenters. The number of rotatable bonds is 4. The van der Waals surface area contributed by atoms with Gasteiger partial charge in [-0.05, 0) is 26.0 Å². The van der Waals surface area contributed by atoms with E-state index in [0.29, 0.717) is 0 Å². The van der Waals surface area contributed by atoms with Crippen LogP contribution in [0.1, 0.15) is 13.8 Å². The summed E-state index contributed by atoms with van der Waals surface area (Å²) in [4.78, 5) is 0. The Morgan fingerprint density at radius 2 is 1.75 bits per heavy atom. The number of hydrogen-bond donors (Lipinski definition) is 2. The molecule has 0 aromatic heterocycles. The zero-order chi connectivity index (χ0) is 12.3. The van der Waals surface area contributed by atoms with Gasteiger partial charge in [-0.25, -0.2) is 0 Å². The van der Waals surface area contributed by atoms with Gasteiger partial charge in [-0.15, -0.1) is 0 Å². The summed E-state index contributed by atoms with van der Waals surface area (Å²) >= 11 is 11.6. The minimum Gasteiger partial charge on any atom is -0.505 e. The van der Waals surface area contributed by atoms with E-state index in [1.807, 2.05) is 13.8 Å². The van der Waals surface area contributed by atoms with Crippen LogP contribution in [0, 0.1) is 0 Å². The molecule has 16 heavy (non-hydrogen) atoms. The minimum absolute atomic E-state index is 0.0614. The van der Waals surface area contributed by atoms with Crippen LogP contribution in [0.2, 0.25) is 10.0 Å². The maximum absolute atomic E-state index is 9.40. The number of anilines is 1. The molecule has 0 heterocycles. The maximum Gasteiger partial charge on any atom is 0.152 e. The highest BCUT2D eigenvalue weighted by molar-refractivity contribution is 6.37. The summed E-state index contributed by atoms with van der Waals surface area (Å²) in [6.45, 7) is 3.95. The van der Waals surface area contributed by atoms with Gasteiger partial charge in [-0.2, -0.15) is 0 Å². The average Bonchev–Trinajstić information content (AvgIpc) is 2.24. The molecule has 0 saturated carbocycles. The van der Waals surface area contributed by atoms with Gasteiger partial charge >= 0.3 is 0 Å². The van der Waals surface area contributed by atoms with Crippen molar-refractivity contribution in [3.05, 3.63) is 22.2 Å². The summed E-state index contributed by atoms with van der Waals surface area (Å²) < 4.78 is 5.19. The van der Waals surface area contributed by atoms with E-state index in [1.165, 1.54) is 0 Å². The quantitative estimate of drug-likeness (QED) is 0.817. The lowest BCUT2D eigenvalue weighted by molar-refractivity contribution is 0.106. The van der Waals surface area contributed by atoms with Gasteiger partial charge in [0, 0.05) is 18.8 Å². The van der Waals surface area contributed by atoms with E-state index in [-0.39, 0.29) is 27.9 Å². The SMILES string of the molecule is COC(C)C(C)Nc1cc(Cl)c(O)c(Cl)c1. The molecule has 0 aliphatic heterocycles. The van der Waals surface area contributed by atoms with Crippen molar-refractivity contribution in [2.24, 2.45) is 0 Å². The van der Waals surface area contributed by atoms with E-state index in [4.69, 9.17) is 27.9 Å². The fourth-order valence-corrected chi connectivity index (χ4v) is 1.72. The second-order valence-electron chi connectivity index (χ2n) is 3.66. The molecule has 0 radical (unpaired) electrons. The van der Waals surface area contributed by atoms with E-state index in [1.54, 1.807) is 19.2 Å². The zero-order valence-electron chi connectivity index (χ0n) is 9.42. The van der Waals surface area contributed by atoms with Crippen LogP contribution in [0.15, 0.2) is 12.1 Å². The highest BCUT2D eigenvalue weighted by atomic mass is 35.5. The molecule has 0 aliphatic rings. The number of benzene rings is 1. The van der Waals surface area contributed by atoms with Crippen molar-refractivity contribution in [2.75, 3.05) is 12.4 Å². The number of nitrogens with one attached hydrogen (secondary N) is 1. The molecular formula is C11H15Cl2NO2. The van der Waals surface area contributed by atoms with Gasteiger partial charge in [0.05, 0.1) is 16.1 Å². The van der Waals surface area contributed by atoms with Crippen molar-refractivity contribution >= 4 is 28.9 Å². The van der Waals surface area contributed by atoms with Crippen molar-refractivity contribution in [3.8, 4) is 5.75 Å². The maximum atomic E-state index is 9.40. The van der Waals surface area contributed by atoms with Gasteiger partial charge in [0.15, 0.2) is 5.75 Å². The predicted octanol–water partition coefficient (Wildman–Crippen LogP) is 3.53. The lowest BCUT2D eigenvalue weighted by Gasteiger charge is -2.21. The Kier molecular flexibility index (Phi) is 4.71. The molecule has 2 atom stereocenters. The Morgan fingerprint density at radius 1 is 1.25 bits per heavy atom. The Balaban J connectivity index is 2.82. The summed E-state index contributed by atoms with van der Waals surface area (Å²) in [5.41, 5.74) is 0.754. The molecular weight excluding hydrogens is 249 g/mol. The molecule has 0 fully saturated rings. The van der Waals surface area contributed by atoms with Gasteiger partial charge in [0.2, 0.25) is 0 Å². The molecule has 0 saturated heterocycles. The van der Waals surface area contributed by atoms with E-state index < -0.39 is 0 Å². The van der Waals surface area contributed by atoms with Crippen molar-refractivity contribution in [3.63, 3.8) is 0 Å². The third kappa shape index (κ3) is 3.17. The van der Waals surface area contributed by atoms with Gasteiger partial charge in [0.1, 0.15) is 0 Å². The number of phenolic OH excluding ortho intramolecular Hbond substituents is 1. The van der Waals surface area contributed by atoms with Crippen LogP contribution in [0.4, 0.5) is 5.69 Å².